The topological polar surface area (TPSA) is 98.6 Å². The minimum Gasteiger partial charge on any atom is -0.497 e. The van der Waals surface area contributed by atoms with Crippen LogP contribution in [-0.4, -0.2) is 56.0 Å². The number of carbonyl (C=O) groups excluding carboxylic acids is 1. The Balaban J connectivity index is 1.58. The highest BCUT2D eigenvalue weighted by Crippen LogP contribution is 2.33. The Hall–Kier alpha value is -4.30. The van der Waals surface area contributed by atoms with Crippen LogP contribution in [0.3, 0.4) is 0 Å². The van der Waals surface area contributed by atoms with Crippen molar-refractivity contribution in [1.29, 1.82) is 0 Å². The second-order valence-corrected chi connectivity index (χ2v) is 9.47. The number of amides is 1. The largest absolute Gasteiger partial charge is 0.497 e. The van der Waals surface area contributed by atoms with E-state index in [4.69, 9.17) is 29.0 Å². The van der Waals surface area contributed by atoms with Gasteiger partial charge in [-0.25, -0.2) is 4.99 Å². The van der Waals surface area contributed by atoms with Crippen LogP contribution in [0, 0.1) is 0 Å². The van der Waals surface area contributed by atoms with E-state index in [2.05, 4.69) is 5.32 Å². The van der Waals surface area contributed by atoms with Gasteiger partial charge in [0.1, 0.15) is 23.4 Å². The molecule has 0 unspecified atom stereocenters. The number of methoxy groups -OCH3 is 2. The molecule has 0 spiro atoms. The lowest BCUT2D eigenvalue weighted by Gasteiger charge is -2.27. The van der Waals surface area contributed by atoms with Crippen LogP contribution in [0.5, 0.6) is 17.2 Å². The Morgan fingerprint density at radius 2 is 1.73 bits per heavy atom. The van der Waals surface area contributed by atoms with E-state index in [1.54, 1.807) is 20.3 Å². The monoisotopic (exact) mass is 544 g/mol. The SMILES string of the molecule is COc1cc(CNC(=O)[C@]2(C/C=C/c3ccccc3)N=C(c3ccc(OCCCO)cc3)O[C@@H]2C)cc(OC)c1. The van der Waals surface area contributed by atoms with Gasteiger partial charge in [-0.15, -0.1) is 0 Å². The van der Waals surface area contributed by atoms with Crippen molar-refractivity contribution in [2.45, 2.75) is 38.0 Å². The molecule has 0 aliphatic carbocycles. The second kappa shape index (κ2) is 13.7. The predicted octanol–water partition coefficient (Wildman–Crippen LogP) is 4.79. The Morgan fingerprint density at radius 1 is 1.02 bits per heavy atom. The molecule has 0 aromatic heterocycles. The first-order chi connectivity index (χ1) is 19.5. The quantitative estimate of drug-likeness (QED) is 0.300. The van der Waals surface area contributed by atoms with Crippen LogP contribution in [0.4, 0.5) is 0 Å². The molecule has 1 aliphatic rings. The standard InChI is InChI=1S/C32H36N2O6/c1-23-32(16-7-11-24-9-5-4-6-10-24,31(36)33-22-25-19-28(37-2)21-29(20-25)38-3)34-30(40-23)26-12-14-27(15-13-26)39-18-8-17-35/h4-7,9-15,19-21,23,35H,8,16-18,22H2,1-3H3,(H,33,36)/b11-7+/t23-,32-/m1/s1. The second-order valence-electron chi connectivity index (χ2n) is 9.47. The van der Waals surface area contributed by atoms with Gasteiger partial charge in [-0.3, -0.25) is 4.79 Å². The van der Waals surface area contributed by atoms with Crippen molar-refractivity contribution < 1.29 is 28.8 Å². The zero-order valence-corrected chi connectivity index (χ0v) is 23.1. The van der Waals surface area contributed by atoms with Crippen molar-refractivity contribution >= 4 is 17.9 Å². The third kappa shape index (κ3) is 7.01. The summed E-state index contributed by atoms with van der Waals surface area (Å²) in [4.78, 5) is 18.7. The third-order valence-electron chi connectivity index (χ3n) is 6.73. The molecule has 1 aliphatic heterocycles. The fourth-order valence-electron chi connectivity index (χ4n) is 4.43. The van der Waals surface area contributed by atoms with Crippen molar-refractivity contribution in [3.8, 4) is 17.2 Å². The van der Waals surface area contributed by atoms with Crippen molar-refractivity contribution in [3.05, 3.63) is 95.6 Å². The van der Waals surface area contributed by atoms with Gasteiger partial charge in [-0.05, 0) is 54.4 Å². The minimum absolute atomic E-state index is 0.0782. The molecule has 1 amide bonds. The van der Waals surface area contributed by atoms with Crippen molar-refractivity contribution in [1.82, 2.24) is 5.32 Å². The zero-order chi connectivity index (χ0) is 28.4. The molecule has 0 fully saturated rings. The maximum absolute atomic E-state index is 13.8. The molecule has 0 bridgehead atoms. The van der Waals surface area contributed by atoms with Gasteiger partial charge < -0.3 is 29.4 Å². The maximum Gasteiger partial charge on any atom is 0.252 e. The van der Waals surface area contributed by atoms with E-state index < -0.39 is 11.6 Å². The fourth-order valence-corrected chi connectivity index (χ4v) is 4.43. The molecule has 40 heavy (non-hydrogen) atoms. The summed E-state index contributed by atoms with van der Waals surface area (Å²) in [5.74, 6) is 2.14. The number of nitrogens with zero attached hydrogens (tertiary/aromatic N) is 1. The van der Waals surface area contributed by atoms with Gasteiger partial charge in [0.25, 0.3) is 5.91 Å². The predicted molar refractivity (Wildman–Crippen MR) is 155 cm³/mol. The molecule has 1 heterocycles. The van der Waals surface area contributed by atoms with E-state index in [0.29, 0.717) is 42.6 Å². The molecule has 4 rings (SSSR count). The van der Waals surface area contributed by atoms with Crippen LogP contribution in [-0.2, 0) is 16.1 Å². The summed E-state index contributed by atoms with van der Waals surface area (Å²) in [6, 6.07) is 22.8. The third-order valence-corrected chi connectivity index (χ3v) is 6.73. The highest BCUT2D eigenvalue weighted by atomic mass is 16.5. The molecule has 3 aromatic rings. The van der Waals surface area contributed by atoms with E-state index in [1.165, 1.54) is 0 Å². The number of carbonyl (C=O) groups is 1. The molecule has 2 atom stereocenters. The Bertz CT molecular complexity index is 1300. The highest BCUT2D eigenvalue weighted by molar-refractivity contribution is 6.00. The molecule has 3 aromatic carbocycles. The number of rotatable bonds is 13. The number of benzene rings is 3. The van der Waals surface area contributed by atoms with Gasteiger partial charge in [0.15, 0.2) is 5.54 Å². The maximum atomic E-state index is 13.8. The van der Waals surface area contributed by atoms with E-state index in [-0.39, 0.29) is 19.1 Å². The van der Waals surface area contributed by atoms with Gasteiger partial charge in [-0.2, -0.15) is 0 Å². The first kappa shape index (κ1) is 28.7. The number of aliphatic hydroxyl groups excluding tert-OH is 1. The highest BCUT2D eigenvalue weighted by Gasteiger charge is 2.49. The van der Waals surface area contributed by atoms with E-state index in [9.17, 15) is 4.79 Å². The summed E-state index contributed by atoms with van der Waals surface area (Å²) in [5.41, 5.74) is 1.46. The molecular formula is C32H36N2O6. The molecular weight excluding hydrogens is 508 g/mol. The lowest BCUT2D eigenvalue weighted by Crippen LogP contribution is -2.50. The minimum atomic E-state index is -1.17. The lowest BCUT2D eigenvalue weighted by molar-refractivity contribution is -0.128. The number of hydrogen-bond acceptors (Lipinski definition) is 7. The van der Waals surface area contributed by atoms with Crippen molar-refractivity contribution in [2.24, 2.45) is 4.99 Å². The van der Waals surface area contributed by atoms with Gasteiger partial charge in [0, 0.05) is 37.6 Å². The summed E-state index contributed by atoms with van der Waals surface area (Å²) in [5, 5.41) is 12.0. The summed E-state index contributed by atoms with van der Waals surface area (Å²) in [7, 11) is 3.18. The zero-order valence-electron chi connectivity index (χ0n) is 23.1. The lowest BCUT2D eigenvalue weighted by atomic mass is 9.88. The molecule has 8 nitrogen and oxygen atoms in total. The smallest absolute Gasteiger partial charge is 0.252 e. The van der Waals surface area contributed by atoms with Crippen LogP contribution in [0.1, 0.15) is 36.5 Å². The molecule has 2 N–H and O–H groups in total. The van der Waals surface area contributed by atoms with Crippen LogP contribution in [0.15, 0.2) is 83.9 Å². The number of hydrogen-bond donors (Lipinski definition) is 2. The molecule has 0 saturated heterocycles. The Labute approximate surface area is 235 Å². The summed E-state index contributed by atoms with van der Waals surface area (Å²) < 4.78 is 22.6. The average molecular weight is 545 g/mol. The summed E-state index contributed by atoms with van der Waals surface area (Å²) in [6.45, 7) is 2.65. The van der Waals surface area contributed by atoms with Crippen molar-refractivity contribution in [2.75, 3.05) is 27.4 Å². The van der Waals surface area contributed by atoms with Gasteiger partial charge in [-0.1, -0.05) is 42.5 Å². The number of ether oxygens (including phenoxy) is 4. The first-order valence-corrected chi connectivity index (χ1v) is 13.3. The van der Waals surface area contributed by atoms with E-state index >= 15 is 0 Å². The normalized spacial score (nSPS) is 18.2. The molecule has 210 valence electrons. The van der Waals surface area contributed by atoms with E-state index in [1.807, 2.05) is 85.8 Å². The van der Waals surface area contributed by atoms with Gasteiger partial charge in [0.2, 0.25) is 5.90 Å². The molecule has 0 radical (unpaired) electrons. The Kier molecular flexibility index (Phi) is 9.81. The molecule has 8 heteroatoms. The average Bonchev–Trinajstić information content (AvgIpc) is 3.33. The first-order valence-electron chi connectivity index (χ1n) is 13.3. The van der Waals surface area contributed by atoms with Crippen LogP contribution < -0.4 is 19.5 Å². The van der Waals surface area contributed by atoms with Crippen LogP contribution in [0.25, 0.3) is 6.08 Å². The Morgan fingerprint density at radius 3 is 2.38 bits per heavy atom. The van der Waals surface area contributed by atoms with Crippen LogP contribution in [0.2, 0.25) is 0 Å². The summed E-state index contributed by atoms with van der Waals surface area (Å²) in [6.07, 6.45) is 4.35. The van der Waals surface area contributed by atoms with E-state index in [0.717, 1.165) is 16.7 Å². The summed E-state index contributed by atoms with van der Waals surface area (Å²) >= 11 is 0. The fraction of sp³-hybridized carbons (Fsp3) is 0.312. The van der Waals surface area contributed by atoms with Gasteiger partial charge >= 0.3 is 0 Å². The number of aliphatic imine (C=N–C) groups is 1. The van der Waals surface area contributed by atoms with Crippen molar-refractivity contribution in [3.63, 3.8) is 0 Å². The van der Waals surface area contributed by atoms with Crippen LogP contribution >= 0.6 is 0 Å². The number of nitrogens with one attached hydrogen (secondary N) is 1. The molecule has 0 saturated carbocycles. The van der Waals surface area contributed by atoms with Gasteiger partial charge in [0.05, 0.1) is 20.8 Å². The number of aliphatic hydroxyl groups is 1.